The Morgan fingerprint density at radius 1 is 0.743 bits per heavy atom. The van der Waals surface area contributed by atoms with Crippen molar-refractivity contribution < 1.29 is 17.9 Å². The van der Waals surface area contributed by atoms with Crippen molar-refractivity contribution in [2.24, 2.45) is 0 Å². The van der Waals surface area contributed by atoms with Crippen LogP contribution in [0.4, 0.5) is 0 Å². The highest BCUT2D eigenvalue weighted by Gasteiger charge is 2.14. The van der Waals surface area contributed by atoms with Crippen LogP contribution < -0.4 is 14.8 Å². The van der Waals surface area contributed by atoms with Gasteiger partial charge in [-0.05, 0) is 58.7 Å². The van der Waals surface area contributed by atoms with Crippen LogP contribution in [0.1, 0.15) is 21.5 Å². The molecule has 4 aromatic carbocycles. The summed E-state index contributed by atoms with van der Waals surface area (Å²) in [5, 5.41) is 2.92. The highest BCUT2D eigenvalue weighted by molar-refractivity contribution is 7.89. The molecule has 0 unspecified atom stereocenters. The van der Waals surface area contributed by atoms with Crippen LogP contribution >= 0.6 is 0 Å². The van der Waals surface area contributed by atoms with Gasteiger partial charge in [0.05, 0.1) is 12.0 Å². The van der Waals surface area contributed by atoms with Crippen LogP contribution in [0, 0.1) is 0 Å². The van der Waals surface area contributed by atoms with E-state index in [9.17, 15) is 13.2 Å². The first-order valence-corrected chi connectivity index (χ1v) is 12.6. The smallest absolute Gasteiger partial charge is 0.251 e. The Kier molecular flexibility index (Phi) is 7.60. The van der Waals surface area contributed by atoms with E-state index in [1.54, 1.807) is 43.5 Å². The number of hydrogen-bond donors (Lipinski definition) is 2. The molecule has 0 saturated heterocycles. The van der Waals surface area contributed by atoms with Crippen molar-refractivity contribution in [3.8, 4) is 16.9 Å². The van der Waals surface area contributed by atoms with Gasteiger partial charge < -0.3 is 10.1 Å². The zero-order chi connectivity index (χ0) is 24.7. The fourth-order valence-corrected chi connectivity index (χ4v) is 4.57. The molecule has 0 heterocycles. The molecule has 0 saturated carbocycles. The van der Waals surface area contributed by atoms with E-state index in [0.717, 1.165) is 28.0 Å². The predicted molar refractivity (Wildman–Crippen MR) is 137 cm³/mol. The molecule has 0 radical (unpaired) electrons. The summed E-state index contributed by atoms with van der Waals surface area (Å²) < 4.78 is 33.1. The third-order valence-corrected chi connectivity index (χ3v) is 6.96. The van der Waals surface area contributed by atoms with Gasteiger partial charge in [-0.1, -0.05) is 66.7 Å². The number of nitrogens with one attached hydrogen (secondary N) is 2. The molecule has 7 heteroatoms. The van der Waals surface area contributed by atoms with Gasteiger partial charge in [-0.15, -0.1) is 0 Å². The van der Waals surface area contributed by atoms with Gasteiger partial charge in [0.25, 0.3) is 5.91 Å². The molecule has 0 atom stereocenters. The van der Waals surface area contributed by atoms with Crippen molar-refractivity contribution in [1.82, 2.24) is 10.0 Å². The lowest BCUT2D eigenvalue weighted by Gasteiger charge is -2.10. The molecule has 35 heavy (non-hydrogen) atoms. The maximum Gasteiger partial charge on any atom is 0.251 e. The fraction of sp³-hybridized carbons (Fsp3) is 0.107. The Balaban J connectivity index is 1.41. The number of amides is 1. The molecule has 0 aliphatic carbocycles. The van der Waals surface area contributed by atoms with Crippen LogP contribution in [0.3, 0.4) is 0 Å². The Bertz CT molecular complexity index is 1390. The number of hydrogen-bond acceptors (Lipinski definition) is 4. The number of ether oxygens (including phenoxy) is 1. The fourth-order valence-electron chi connectivity index (χ4n) is 3.55. The lowest BCUT2D eigenvalue weighted by Crippen LogP contribution is -2.23. The summed E-state index contributed by atoms with van der Waals surface area (Å²) in [6.45, 7) is 0.619. The minimum absolute atomic E-state index is 0.186. The van der Waals surface area contributed by atoms with E-state index in [2.05, 4.69) is 10.0 Å². The molecule has 0 aliphatic heterocycles. The third kappa shape index (κ3) is 6.35. The summed E-state index contributed by atoms with van der Waals surface area (Å²) in [6, 6.07) is 30.7. The summed E-state index contributed by atoms with van der Waals surface area (Å²) >= 11 is 0. The average molecular weight is 487 g/mol. The largest absolute Gasteiger partial charge is 0.497 e. The Morgan fingerprint density at radius 3 is 2.11 bits per heavy atom. The number of methoxy groups -OCH3 is 1. The molecular formula is C28H26N2O4S. The second-order valence-electron chi connectivity index (χ2n) is 7.95. The van der Waals surface area contributed by atoms with E-state index in [1.165, 1.54) is 0 Å². The normalized spacial score (nSPS) is 11.1. The van der Waals surface area contributed by atoms with E-state index in [4.69, 9.17) is 4.74 Å². The van der Waals surface area contributed by atoms with Gasteiger partial charge in [-0.2, -0.15) is 0 Å². The maximum absolute atomic E-state index is 12.7. The van der Waals surface area contributed by atoms with Gasteiger partial charge in [-0.25, -0.2) is 13.1 Å². The first-order chi connectivity index (χ1) is 16.9. The third-order valence-electron chi connectivity index (χ3n) is 5.54. The zero-order valence-corrected chi connectivity index (χ0v) is 20.1. The van der Waals surface area contributed by atoms with Gasteiger partial charge in [0.15, 0.2) is 0 Å². The van der Waals surface area contributed by atoms with Crippen LogP contribution in [-0.2, 0) is 23.1 Å². The molecule has 0 aliphatic rings. The highest BCUT2D eigenvalue weighted by atomic mass is 32.2. The molecule has 1 amide bonds. The quantitative estimate of drug-likeness (QED) is 0.357. The van der Waals surface area contributed by atoms with Crippen molar-refractivity contribution in [2.45, 2.75) is 18.0 Å². The molecule has 0 aromatic heterocycles. The number of carbonyl (C=O) groups excluding carboxylic acids is 1. The molecule has 0 spiro atoms. The second kappa shape index (κ2) is 11.0. The molecule has 178 valence electrons. The van der Waals surface area contributed by atoms with Crippen LogP contribution in [0.15, 0.2) is 108 Å². The van der Waals surface area contributed by atoms with Gasteiger partial charge in [-0.3, -0.25) is 4.79 Å². The molecule has 0 fully saturated rings. The summed E-state index contributed by atoms with van der Waals surface area (Å²) in [7, 11) is -2.03. The standard InChI is InChI=1S/C28H26N2O4S/c1-34-26-14-10-22(11-15-26)19-29-28(31)25-9-5-8-24(18-25)23-12-16-27(17-13-23)35(32,33)30-20-21-6-3-2-4-7-21/h2-18,30H,19-20H2,1H3,(H,29,31). The number of benzene rings is 4. The van der Waals surface area contributed by atoms with Crippen molar-refractivity contribution in [1.29, 1.82) is 0 Å². The van der Waals surface area contributed by atoms with Gasteiger partial charge >= 0.3 is 0 Å². The number of carbonyl (C=O) groups is 1. The summed E-state index contributed by atoms with van der Waals surface area (Å²) in [5.74, 6) is 0.575. The van der Waals surface area contributed by atoms with Gasteiger partial charge in [0.2, 0.25) is 10.0 Å². The van der Waals surface area contributed by atoms with Crippen LogP contribution in [0.25, 0.3) is 11.1 Å². The molecular weight excluding hydrogens is 460 g/mol. The van der Waals surface area contributed by atoms with Crippen LogP contribution in [0.5, 0.6) is 5.75 Å². The predicted octanol–water partition coefficient (Wildman–Crippen LogP) is 4.77. The monoisotopic (exact) mass is 486 g/mol. The average Bonchev–Trinajstić information content (AvgIpc) is 2.91. The van der Waals surface area contributed by atoms with Crippen LogP contribution in [-0.4, -0.2) is 21.4 Å². The molecule has 6 nitrogen and oxygen atoms in total. The minimum atomic E-state index is -3.64. The lowest BCUT2D eigenvalue weighted by molar-refractivity contribution is 0.0951. The Labute approximate surface area is 205 Å². The summed E-state index contributed by atoms with van der Waals surface area (Å²) in [6.07, 6.45) is 0. The molecule has 4 rings (SSSR count). The van der Waals surface area contributed by atoms with E-state index >= 15 is 0 Å². The maximum atomic E-state index is 12.7. The Morgan fingerprint density at radius 2 is 1.43 bits per heavy atom. The first-order valence-electron chi connectivity index (χ1n) is 11.1. The van der Waals surface area contributed by atoms with Crippen LogP contribution in [0.2, 0.25) is 0 Å². The number of sulfonamides is 1. The molecule has 0 bridgehead atoms. The zero-order valence-electron chi connectivity index (χ0n) is 19.3. The minimum Gasteiger partial charge on any atom is -0.497 e. The van der Waals surface area contributed by atoms with Crippen molar-refractivity contribution in [3.63, 3.8) is 0 Å². The Hall–Kier alpha value is -3.94. The number of rotatable bonds is 9. The topological polar surface area (TPSA) is 84.5 Å². The van der Waals surface area contributed by atoms with E-state index in [1.807, 2.05) is 66.7 Å². The summed E-state index contributed by atoms with van der Waals surface area (Å²) in [5.41, 5.74) is 4.01. The van der Waals surface area contributed by atoms with Crippen molar-refractivity contribution in [3.05, 3.63) is 120 Å². The highest BCUT2D eigenvalue weighted by Crippen LogP contribution is 2.23. The summed E-state index contributed by atoms with van der Waals surface area (Å²) in [4.78, 5) is 12.9. The van der Waals surface area contributed by atoms with E-state index < -0.39 is 10.0 Å². The lowest BCUT2D eigenvalue weighted by atomic mass is 10.0. The van der Waals surface area contributed by atoms with Crippen molar-refractivity contribution >= 4 is 15.9 Å². The van der Waals surface area contributed by atoms with E-state index in [-0.39, 0.29) is 17.3 Å². The van der Waals surface area contributed by atoms with Gasteiger partial charge in [0.1, 0.15) is 5.75 Å². The van der Waals surface area contributed by atoms with Gasteiger partial charge in [0, 0.05) is 18.7 Å². The molecule has 4 aromatic rings. The SMILES string of the molecule is COc1ccc(CNC(=O)c2cccc(-c3ccc(S(=O)(=O)NCc4ccccc4)cc3)c2)cc1. The first kappa shape index (κ1) is 24.2. The second-order valence-corrected chi connectivity index (χ2v) is 9.71. The van der Waals surface area contributed by atoms with E-state index in [0.29, 0.717) is 12.1 Å². The van der Waals surface area contributed by atoms with Crippen molar-refractivity contribution in [2.75, 3.05) is 7.11 Å². The molecule has 2 N–H and O–H groups in total.